The Morgan fingerprint density at radius 2 is 1.77 bits per heavy atom. The van der Waals surface area contributed by atoms with Gasteiger partial charge in [0, 0.05) is 38.6 Å². The monoisotopic (exact) mass is 308 g/mol. The van der Waals surface area contributed by atoms with Crippen LogP contribution in [0, 0.1) is 5.41 Å². The Morgan fingerprint density at radius 1 is 1.14 bits per heavy atom. The van der Waals surface area contributed by atoms with Gasteiger partial charge in [0.2, 0.25) is 11.8 Å². The van der Waals surface area contributed by atoms with Crippen LogP contribution in [0.2, 0.25) is 0 Å². The van der Waals surface area contributed by atoms with Crippen LogP contribution in [-0.4, -0.2) is 63.9 Å². The molecule has 1 aromatic heterocycles. The van der Waals surface area contributed by atoms with Crippen LogP contribution in [0.15, 0.2) is 4.42 Å². The second-order valence-electron chi connectivity index (χ2n) is 7.77. The topological polar surface area (TPSA) is 65.6 Å². The van der Waals surface area contributed by atoms with Crippen LogP contribution in [0.4, 0.5) is 0 Å². The molecule has 1 aromatic rings. The summed E-state index contributed by atoms with van der Waals surface area (Å²) in [4.78, 5) is 4.69. The van der Waals surface area contributed by atoms with Crippen LogP contribution < -0.4 is 0 Å². The van der Waals surface area contributed by atoms with Gasteiger partial charge in [0.25, 0.3) is 0 Å². The van der Waals surface area contributed by atoms with Gasteiger partial charge in [-0.1, -0.05) is 20.8 Å². The van der Waals surface area contributed by atoms with E-state index in [0.29, 0.717) is 5.92 Å². The van der Waals surface area contributed by atoms with Gasteiger partial charge in [-0.25, -0.2) is 0 Å². The quantitative estimate of drug-likeness (QED) is 0.888. The molecule has 0 spiro atoms. The maximum absolute atomic E-state index is 10.2. The van der Waals surface area contributed by atoms with E-state index < -0.39 is 0 Å². The number of β-amino-alcohol motifs (C(OH)–C–C–N with tert-alkyl or cyclic N) is 1. The summed E-state index contributed by atoms with van der Waals surface area (Å²) >= 11 is 0. The Morgan fingerprint density at radius 3 is 2.36 bits per heavy atom. The summed E-state index contributed by atoms with van der Waals surface area (Å²) in [5.74, 6) is 2.09. The number of aliphatic hydroxyl groups is 1. The highest BCUT2D eigenvalue weighted by molar-refractivity contribution is 5.00. The molecule has 2 heterocycles. The molecule has 124 valence electrons. The van der Waals surface area contributed by atoms with E-state index in [9.17, 15) is 5.11 Å². The third-order valence-corrected chi connectivity index (χ3v) is 4.66. The molecule has 22 heavy (non-hydrogen) atoms. The summed E-state index contributed by atoms with van der Waals surface area (Å²) in [6.45, 7) is 11.7. The first-order valence-corrected chi connectivity index (χ1v) is 8.37. The third kappa shape index (κ3) is 4.06. The first-order valence-electron chi connectivity index (χ1n) is 8.37. The summed E-state index contributed by atoms with van der Waals surface area (Å²) in [7, 11) is 0. The normalized spacial score (nSPS) is 22.9. The predicted molar refractivity (Wildman–Crippen MR) is 83.5 cm³/mol. The first-order chi connectivity index (χ1) is 10.4. The van der Waals surface area contributed by atoms with Crippen molar-refractivity contribution >= 4 is 0 Å². The van der Waals surface area contributed by atoms with Crippen molar-refractivity contribution in [2.45, 2.75) is 52.2 Å². The molecule has 1 saturated heterocycles. The van der Waals surface area contributed by atoms with E-state index >= 15 is 0 Å². The fourth-order valence-electron chi connectivity index (χ4n) is 2.67. The van der Waals surface area contributed by atoms with Crippen molar-refractivity contribution in [3.05, 3.63) is 11.8 Å². The maximum atomic E-state index is 10.2. The largest absolute Gasteiger partial charge is 0.424 e. The van der Waals surface area contributed by atoms with E-state index in [-0.39, 0.29) is 11.5 Å². The molecule has 6 heteroatoms. The Labute approximate surface area is 132 Å². The molecule has 0 aromatic carbocycles. The average Bonchev–Trinajstić information content (AvgIpc) is 3.21. The smallest absolute Gasteiger partial charge is 0.230 e. The fraction of sp³-hybridized carbons (Fsp3) is 0.875. The number of piperazine rings is 1. The summed E-state index contributed by atoms with van der Waals surface area (Å²) < 4.78 is 5.73. The molecule has 1 N–H and O–H groups in total. The summed E-state index contributed by atoms with van der Waals surface area (Å²) in [6, 6.07) is 0. The van der Waals surface area contributed by atoms with E-state index in [2.05, 4.69) is 40.8 Å². The Hall–Kier alpha value is -0.980. The number of hydrogen-bond donors (Lipinski definition) is 1. The number of aromatic nitrogens is 2. The van der Waals surface area contributed by atoms with Gasteiger partial charge in [0.05, 0.1) is 12.6 Å². The second kappa shape index (κ2) is 6.26. The van der Waals surface area contributed by atoms with Crippen molar-refractivity contribution in [1.82, 2.24) is 20.0 Å². The van der Waals surface area contributed by atoms with Crippen LogP contribution in [0.5, 0.6) is 0 Å². The molecule has 0 radical (unpaired) electrons. The second-order valence-corrected chi connectivity index (χ2v) is 7.77. The van der Waals surface area contributed by atoms with Gasteiger partial charge in [-0.05, 0) is 18.3 Å². The summed E-state index contributed by atoms with van der Waals surface area (Å²) in [5.41, 5.74) is -0.0555. The molecule has 1 aliphatic heterocycles. The van der Waals surface area contributed by atoms with Gasteiger partial charge >= 0.3 is 0 Å². The van der Waals surface area contributed by atoms with E-state index in [4.69, 9.17) is 4.42 Å². The highest BCUT2D eigenvalue weighted by Gasteiger charge is 2.30. The van der Waals surface area contributed by atoms with Crippen molar-refractivity contribution in [3.8, 4) is 0 Å². The highest BCUT2D eigenvalue weighted by atomic mass is 16.4. The zero-order chi connectivity index (χ0) is 15.7. The third-order valence-electron chi connectivity index (χ3n) is 4.66. The molecule has 1 saturated carbocycles. The molecular formula is C16H28N4O2. The average molecular weight is 308 g/mol. The Bertz CT molecular complexity index is 485. The molecule has 0 amide bonds. The van der Waals surface area contributed by atoms with Crippen LogP contribution in [0.25, 0.3) is 0 Å². The number of aliphatic hydroxyl groups excluding tert-OH is 1. The van der Waals surface area contributed by atoms with E-state index in [1.165, 1.54) is 12.8 Å². The van der Waals surface area contributed by atoms with Crippen molar-refractivity contribution in [2.75, 3.05) is 32.7 Å². The number of nitrogens with zero attached hydrogens (tertiary/aromatic N) is 4. The summed E-state index contributed by atoms with van der Waals surface area (Å²) in [5, 5.41) is 18.5. The van der Waals surface area contributed by atoms with Crippen LogP contribution in [-0.2, 0) is 6.54 Å². The maximum Gasteiger partial charge on any atom is 0.230 e. The van der Waals surface area contributed by atoms with Crippen molar-refractivity contribution < 1.29 is 9.52 Å². The molecule has 1 aliphatic carbocycles. The van der Waals surface area contributed by atoms with Crippen LogP contribution in [0.1, 0.15) is 51.3 Å². The fourth-order valence-corrected chi connectivity index (χ4v) is 2.67. The van der Waals surface area contributed by atoms with Gasteiger partial charge in [-0.3, -0.25) is 9.80 Å². The standard InChI is InChI=1S/C16H28N4O2/c1-16(2,3)13(21)10-19-6-8-20(9-7-19)11-14-17-18-15(22-14)12-4-5-12/h12-13,21H,4-11H2,1-3H3/t13-/m0/s1. The van der Waals surface area contributed by atoms with Crippen molar-refractivity contribution in [1.29, 1.82) is 0 Å². The first kappa shape index (κ1) is 15.9. The van der Waals surface area contributed by atoms with Crippen molar-refractivity contribution in [2.24, 2.45) is 5.41 Å². The lowest BCUT2D eigenvalue weighted by Crippen LogP contribution is -2.49. The molecule has 6 nitrogen and oxygen atoms in total. The number of rotatable bonds is 5. The van der Waals surface area contributed by atoms with Gasteiger partial charge in [-0.15, -0.1) is 10.2 Å². The van der Waals surface area contributed by atoms with Gasteiger partial charge in [-0.2, -0.15) is 0 Å². The predicted octanol–water partition coefficient (Wildman–Crippen LogP) is 1.47. The van der Waals surface area contributed by atoms with Crippen molar-refractivity contribution in [3.63, 3.8) is 0 Å². The zero-order valence-corrected chi connectivity index (χ0v) is 14.0. The molecule has 1 atom stereocenters. The van der Waals surface area contributed by atoms with E-state index in [1.54, 1.807) is 0 Å². The van der Waals surface area contributed by atoms with E-state index in [0.717, 1.165) is 51.0 Å². The molecule has 2 fully saturated rings. The lowest BCUT2D eigenvalue weighted by molar-refractivity contribution is 0.0116. The molecule has 0 unspecified atom stereocenters. The lowest BCUT2D eigenvalue weighted by atomic mass is 9.89. The summed E-state index contributed by atoms with van der Waals surface area (Å²) in [6.07, 6.45) is 2.10. The van der Waals surface area contributed by atoms with Crippen LogP contribution in [0.3, 0.4) is 0 Å². The molecule has 0 bridgehead atoms. The van der Waals surface area contributed by atoms with E-state index in [1.807, 2.05) is 0 Å². The Kier molecular flexibility index (Phi) is 4.52. The number of hydrogen-bond acceptors (Lipinski definition) is 6. The highest BCUT2D eigenvalue weighted by Crippen LogP contribution is 2.39. The lowest BCUT2D eigenvalue weighted by Gasteiger charge is -2.37. The molecular weight excluding hydrogens is 280 g/mol. The molecule has 2 aliphatic rings. The zero-order valence-electron chi connectivity index (χ0n) is 14.0. The van der Waals surface area contributed by atoms with Crippen LogP contribution >= 0.6 is 0 Å². The minimum Gasteiger partial charge on any atom is -0.424 e. The van der Waals surface area contributed by atoms with Gasteiger partial charge in [0.15, 0.2) is 0 Å². The Balaban J connectivity index is 1.43. The molecule has 3 rings (SSSR count). The minimum atomic E-state index is -0.281. The SMILES string of the molecule is CC(C)(C)[C@@H](O)CN1CCN(Cc2nnc(C3CC3)o2)CC1. The van der Waals surface area contributed by atoms with Gasteiger partial charge in [0.1, 0.15) is 0 Å². The van der Waals surface area contributed by atoms with Gasteiger partial charge < -0.3 is 9.52 Å². The minimum absolute atomic E-state index is 0.0555.